The zero-order valence-corrected chi connectivity index (χ0v) is 12.2. The Labute approximate surface area is 113 Å². The molecule has 2 rings (SSSR count). The quantitative estimate of drug-likeness (QED) is 0.753. The highest BCUT2D eigenvalue weighted by molar-refractivity contribution is 4.99. The van der Waals surface area contributed by atoms with Gasteiger partial charge in [0.2, 0.25) is 0 Å². The normalized spacial score (nSPS) is 32.9. The van der Waals surface area contributed by atoms with Crippen molar-refractivity contribution in [2.24, 2.45) is 5.92 Å². The van der Waals surface area contributed by atoms with Crippen molar-refractivity contribution >= 4 is 0 Å². The maximum atomic E-state index is 3.71. The van der Waals surface area contributed by atoms with Gasteiger partial charge in [-0.2, -0.15) is 0 Å². The van der Waals surface area contributed by atoms with E-state index in [4.69, 9.17) is 0 Å². The van der Waals surface area contributed by atoms with Gasteiger partial charge in [-0.3, -0.25) is 0 Å². The second kappa shape index (κ2) is 6.59. The number of piperidine rings is 1. The number of nitrogens with zero attached hydrogens (tertiary/aromatic N) is 1. The maximum absolute atomic E-state index is 3.71. The number of hydrogen-bond donors (Lipinski definition) is 1. The monoisotopic (exact) mass is 248 g/mol. The first-order valence-corrected chi connectivity index (χ1v) is 7.61. The van der Waals surface area contributed by atoms with Crippen LogP contribution in [-0.2, 0) is 0 Å². The van der Waals surface area contributed by atoms with E-state index >= 15 is 0 Å². The van der Waals surface area contributed by atoms with Crippen molar-refractivity contribution in [3.63, 3.8) is 0 Å². The van der Waals surface area contributed by atoms with Gasteiger partial charge in [0.1, 0.15) is 0 Å². The van der Waals surface area contributed by atoms with Crippen molar-refractivity contribution in [3.8, 4) is 11.8 Å². The van der Waals surface area contributed by atoms with Crippen molar-refractivity contribution in [1.82, 2.24) is 10.2 Å². The molecule has 0 saturated carbocycles. The van der Waals surface area contributed by atoms with E-state index in [2.05, 4.69) is 36.0 Å². The molecule has 2 heterocycles. The molecule has 3 atom stereocenters. The van der Waals surface area contributed by atoms with Crippen LogP contribution in [-0.4, -0.2) is 36.6 Å². The van der Waals surface area contributed by atoms with Crippen molar-refractivity contribution in [3.05, 3.63) is 0 Å². The lowest BCUT2D eigenvalue weighted by molar-refractivity contribution is 0.111. The Kier molecular flexibility index (Phi) is 5.09. The first-order valence-electron chi connectivity index (χ1n) is 7.61. The van der Waals surface area contributed by atoms with Crippen LogP contribution in [0, 0.1) is 17.8 Å². The molecule has 0 aromatic heterocycles. The Bertz CT molecular complexity index is 301. The van der Waals surface area contributed by atoms with Crippen molar-refractivity contribution in [1.29, 1.82) is 0 Å². The third-order valence-corrected chi connectivity index (χ3v) is 4.93. The highest BCUT2D eigenvalue weighted by atomic mass is 15.2. The molecule has 2 heteroatoms. The number of hydrogen-bond acceptors (Lipinski definition) is 2. The van der Waals surface area contributed by atoms with Gasteiger partial charge in [0.15, 0.2) is 0 Å². The Morgan fingerprint density at radius 1 is 1.28 bits per heavy atom. The topological polar surface area (TPSA) is 15.3 Å². The lowest BCUT2D eigenvalue weighted by atomic mass is 9.83. The number of rotatable bonds is 5. The summed E-state index contributed by atoms with van der Waals surface area (Å²) < 4.78 is 0. The minimum absolute atomic E-state index is 0.688. The summed E-state index contributed by atoms with van der Waals surface area (Å²) in [5, 5.41) is 3.71. The van der Waals surface area contributed by atoms with Crippen LogP contribution in [0.2, 0.25) is 0 Å². The zero-order valence-electron chi connectivity index (χ0n) is 12.2. The van der Waals surface area contributed by atoms with Crippen LogP contribution >= 0.6 is 0 Å². The van der Waals surface area contributed by atoms with E-state index < -0.39 is 0 Å². The predicted molar refractivity (Wildman–Crippen MR) is 77.4 cm³/mol. The van der Waals surface area contributed by atoms with Crippen LogP contribution in [0.15, 0.2) is 0 Å². The molecule has 3 unspecified atom stereocenters. The van der Waals surface area contributed by atoms with Gasteiger partial charge in [0, 0.05) is 24.5 Å². The molecule has 2 bridgehead atoms. The largest absolute Gasteiger partial charge is 0.314 e. The van der Waals surface area contributed by atoms with Gasteiger partial charge in [-0.05, 0) is 58.5 Å². The molecular weight excluding hydrogens is 220 g/mol. The minimum atomic E-state index is 0.688. The van der Waals surface area contributed by atoms with Gasteiger partial charge in [-0.25, -0.2) is 0 Å². The molecule has 0 aromatic carbocycles. The van der Waals surface area contributed by atoms with Crippen LogP contribution in [0.4, 0.5) is 0 Å². The smallest absolute Gasteiger partial charge is 0.0105 e. The van der Waals surface area contributed by atoms with Gasteiger partial charge in [0.05, 0.1) is 0 Å². The number of nitrogens with one attached hydrogen (secondary N) is 1. The second-order valence-corrected chi connectivity index (χ2v) is 5.91. The molecular formula is C16H28N2. The van der Waals surface area contributed by atoms with E-state index in [-0.39, 0.29) is 0 Å². The first kappa shape index (κ1) is 13.9. The van der Waals surface area contributed by atoms with E-state index in [1.54, 1.807) is 0 Å². The van der Waals surface area contributed by atoms with E-state index in [0.29, 0.717) is 6.04 Å². The Balaban J connectivity index is 1.91. The minimum Gasteiger partial charge on any atom is -0.314 e. The Morgan fingerprint density at radius 3 is 2.50 bits per heavy atom. The highest BCUT2D eigenvalue weighted by Gasteiger charge is 2.40. The molecule has 0 aromatic rings. The van der Waals surface area contributed by atoms with Crippen LogP contribution < -0.4 is 5.32 Å². The van der Waals surface area contributed by atoms with Crippen molar-refractivity contribution in [2.45, 2.75) is 70.5 Å². The molecule has 0 aliphatic carbocycles. The van der Waals surface area contributed by atoms with Gasteiger partial charge >= 0.3 is 0 Å². The van der Waals surface area contributed by atoms with Crippen molar-refractivity contribution < 1.29 is 0 Å². The molecule has 0 amide bonds. The lowest BCUT2D eigenvalue weighted by Crippen LogP contribution is -2.47. The zero-order chi connectivity index (χ0) is 13.0. The third kappa shape index (κ3) is 3.08. The van der Waals surface area contributed by atoms with E-state index in [1.165, 1.54) is 32.1 Å². The average Bonchev–Trinajstić information content (AvgIpc) is 2.61. The van der Waals surface area contributed by atoms with Gasteiger partial charge in [0.25, 0.3) is 0 Å². The van der Waals surface area contributed by atoms with Crippen LogP contribution in [0.5, 0.6) is 0 Å². The molecule has 2 saturated heterocycles. The molecule has 0 spiro atoms. The molecule has 102 valence electrons. The molecule has 2 fully saturated rings. The fourth-order valence-electron chi connectivity index (χ4n) is 3.90. The summed E-state index contributed by atoms with van der Waals surface area (Å²) in [6.07, 6.45) is 7.91. The summed E-state index contributed by atoms with van der Waals surface area (Å²) in [5.74, 6) is 7.11. The van der Waals surface area contributed by atoms with Gasteiger partial charge in [-0.15, -0.1) is 11.8 Å². The first-order chi connectivity index (χ1) is 8.76. The summed E-state index contributed by atoms with van der Waals surface area (Å²) in [6.45, 7) is 5.26. The average molecular weight is 248 g/mol. The highest BCUT2D eigenvalue weighted by Crippen LogP contribution is 2.39. The summed E-state index contributed by atoms with van der Waals surface area (Å²) in [6, 6.07) is 2.40. The van der Waals surface area contributed by atoms with Crippen LogP contribution in [0.25, 0.3) is 0 Å². The summed E-state index contributed by atoms with van der Waals surface area (Å²) >= 11 is 0. The third-order valence-electron chi connectivity index (χ3n) is 4.93. The number of fused-ring (bicyclic) bond motifs is 2. The summed E-state index contributed by atoms with van der Waals surface area (Å²) in [5.41, 5.74) is 0. The Morgan fingerprint density at radius 2 is 1.94 bits per heavy atom. The molecule has 0 radical (unpaired) electrons. The van der Waals surface area contributed by atoms with Crippen LogP contribution in [0.3, 0.4) is 0 Å². The van der Waals surface area contributed by atoms with E-state index in [1.807, 2.05) is 6.92 Å². The van der Waals surface area contributed by atoms with Gasteiger partial charge in [-0.1, -0.05) is 6.92 Å². The van der Waals surface area contributed by atoms with Crippen molar-refractivity contribution in [2.75, 3.05) is 13.6 Å². The Hall–Kier alpha value is -0.520. The lowest BCUT2D eigenvalue weighted by Gasteiger charge is -2.40. The molecule has 18 heavy (non-hydrogen) atoms. The van der Waals surface area contributed by atoms with E-state index in [9.17, 15) is 0 Å². The SMILES string of the molecule is CC#CCCC(NCC)C1CC2CCC(C1)N2C. The summed E-state index contributed by atoms with van der Waals surface area (Å²) in [4.78, 5) is 2.63. The van der Waals surface area contributed by atoms with E-state index in [0.717, 1.165) is 31.0 Å². The summed E-state index contributed by atoms with van der Waals surface area (Å²) in [7, 11) is 2.32. The standard InChI is InChI=1S/C16H28N2/c1-4-6-7-8-16(17-5-2)13-11-14-9-10-15(12-13)18(14)3/h13-17H,5,7-12H2,1-3H3. The predicted octanol–water partition coefficient (Wildman–Crippen LogP) is 2.64. The molecule has 2 aliphatic heterocycles. The van der Waals surface area contributed by atoms with Crippen LogP contribution in [0.1, 0.15) is 52.4 Å². The fourth-order valence-corrected chi connectivity index (χ4v) is 3.90. The maximum Gasteiger partial charge on any atom is 0.0105 e. The van der Waals surface area contributed by atoms with Gasteiger partial charge < -0.3 is 10.2 Å². The fraction of sp³-hybridized carbons (Fsp3) is 0.875. The molecule has 1 N–H and O–H groups in total. The second-order valence-electron chi connectivity index (χ2n) is 5.91. The molecule has 2 nitrogen and oxygen atoms in total. The molecule has 2 aliphatic rings.